The molecule has 0 bridgehead atoms. The zero-order valence-corrected chi connectivity index (χ0v) is 14.6. The number of benzene rings is 1. The SMILES string of the molecule is Cl.[2H]c1c([2H])c([N+](=O)[O-])c([2H])c([2H])c1C(=O)OCC(C)(C)CN(CC)CC. The summed E-state index contributed by atoms with van der Waals surface area (Å²) in [4.78, 5) is 24.4. The lowest BCUT2D eigenvalue weighted by Gasteiger charge is -2.30. The number of rotatable bonds is 8. The van der Waals surface area contributed by atoms with E-state index in [1.807, 2.05) is 27.7 Å². The fourth-order valence-corrected chi connectivity index (χ4v) is 1.93. The van der Waals surface area contributed by atoms with Crippen LogP contribution in [-0.4, -0.2) is 42.0 Å². The van der Waals surface area contributed by atoms with Gasteiger partial charge in [-0.15, -0.1) is 12.4 Å². The second kappa shape index (κ2) is 9.47. The first kappa shape index (κ1) is 14.9. The molecular formula is C16H25ClN2O4. The first-order chi connectivity index (χ1) is 12.0. The molecule has 0 saturated carbocycles. The minimum Gasteiger partial charge on any atom is -0.461 e. The van der Waals surface area contributed by atoms with Crippen LogP contribution in [0.5, 0.6) is 0 Å². The summed E-state index contributed by atoms with van der Waals surface area (Å²) in [6.07, 6.45) is 0. The van der Waals surface area contributed by atoms with Crippen LogP contribution in [0.1, 0.15) is 43.5 Å². The van der Waals surface area contributed by atoms with Crippen LogP contribution in [0, 0.1) is 15.5 Å². The zero-order valence-electron chi connectivity index (χ0n) is 17.8. The Hall–Kier alpha value is -1.66. The third-order valence-corrected chi connectivity index (χ3v) is 3.14. The van der Waals surface area contributed by atoms with Crippen LogP contribution in [0.2, 0.25) is 0 Å². The van der Waals surface area contributed by atoms with Gasteiger partial charge in [-0.3, -0.25) is 10.1 Å². The molecule has 0 N–H and O–H groups in total. The van der Waals surface area contributed by atoms with E-state index in [9.17, 15) is 14.9 Å². The number of nitrogens with zero attached hydrogens (tertiary/aromatic N) is 2. The molecule has 1 aromatic carbocycles. The molecule has 0 fully saturated rings. The van der Waals surface area contributed by atoms with Crippen molar-refractivity contribution in [3.8, 4) is 0 Å². The fourth-order valence-electron chi connectivity index (χ4n) is 1.93. The summed E-state index contributed by atoms with van der Waals surface area (Å²) in [6, 6.07) is -3.29. The Labute approximate surface area is 149 Å². The summed E-state index contributed by atoms with van der Waals surface area (Å²) < 4.78 is 36.1. The van der Waals surface area contributed by atoms with Crippen LogP contribution in [0.15, 0.2) is 24.2 Å². The number of ether oxygens (including phenoxy) is 1. The van der Waals surface area contributed by atoms with Crippen molar-refractivity contribution >= 4 is 24.1 Å². The van der Waals surface area contributed by atoms with Crippen molar-refractivity contribution in [2.24, 2.45) is 5.41 Å². The molecule has 0 radical (unpaired) electrons. The molecular weight excluding hydrogens is 320 g/mol. The quantitative estimate of drug-likeness (QED) is 0.408. The van der Waals surface area contributed by atoms with Gasteiger partial charge in [0.2, 0.25) is 0 Å². The highest BCUT2D eigenvalue weighted by molar-refractivity contribution is 5.89. The number of esters is 1. The molecule has 23 heavy (non-hydrogen) atoms. The van der Waals surface area contributed by atoms with Gasteiger partial charge >= 0.3 is 5.97 Å². The van der Waals surface area contributed by atoms with E-state index in [4.69, 9.17) is 10.2 Å². The number of hydrogen-bond acceptors (Lipinski definition) is 5. The Kier molecular flexibility index (Phi) is 6.14. The Morgan fingerprint density at radius 1 is 1.30 bits per heavy atom. The van der Waals surface area contributed by atoms with Gasteiger partial charge < -0.3 is 9.64 Å². The van der Waals surface area contributed by atoms with Gasteiger partial charge in [0, 0.05) is 24.0 Å². The molecule has 0 aliphatic rings. The van der Waals surface area contributed by atoms with Crippen LogP contribution in [0.4, 0.5) is 5.69 Å². The summed E-state index contributed by atoms with van der Waals surface area (Å²) in [7, 11) is 0. The molecule has 7 heteroatoms. The van der Waals surface area contributed by atoms with E-state index < -0.39 is 46.3 Å². The maximum atomic E-state index is 12.3. The minimum absolute atomic E-state index is 0. The van der Waals surface area contributed by atoms with E-state index in [1.54, 1.807) is 0 Å². The van der Waals surface area contributed by atoms with Crippen LogP contribution in [0.3, 0.4) is 0 Å². The number of carbonyl (C=O) groups is 1. The molecule has 6 nitrogen and oxygen atoms in total. The molecule has 0 aliphatic carbocycles. The van der Waals surface area contributed by atoms with Gasteiger partial charge in [-0.25, -0.2) is 4.79 Å². The lowest BCUT2D eigenvalue weighted by Crippen LogP contribution is -2.37. The standard InChI is InChI=1S/C16H24N2O4.ClH/c1-5-17(6-2)11-16(3,4)12-22-15(19)13-7-9-14(10-8-13)18(20)21;/h7-10H,5-6,11-12H2,1-4H3;1H/i7D,8D,9D,10D;. The van der Waals surface area contributed by atoms with Gasteiger partial charge in [-0.1, -0.05) is 27.7 Å². The summed E-state index contributed by atoms with van der Waals surface area (Å²) in [6.45, 7) is 10.2. The average Bonchev–Trinajstić information content (AvgIpc) is 2.56. The van der Waals surface area contributed by atoms with E-state index in [2.05, 4.69) is 4.90 Å². The first-order valence-electron chi connectivity index (χ1n) is 9.11. The van der Waals surface area contributed by atoms with E-state index in [1.165, 1.54) is 0 Å². The maximum Gasteiger partial charge on any atom is 0.338 e. The van der Waals surface area contributed by atoms with Gasteiger partial charge in [-0.05, 0) is 25.2 Å². The van der Waals surface area contributed by atoms with E-state index >= 15 is 0 Å². The minimum atomic E-state index is -1.02. The highest BCUT2D eigenvalue weighted by Gasteiger charge is 2.23. The van der Waals surface area contributed by atoms with Gasteiger partial charge in [0.25, 0.3) is 5.69 Å². The Bertz CT molecular complexity index is 683. The molecule has 0 aromatic heterocycles. The molecule has 0 atom stereocenters. The average molecular weight is 349 g/mol. The normalized spacial score (nSPS) is 13.4. The van der Waals surface area contributed by atoms with Gasteiger partial charge in [0.1, 0.15) is 0 Å². The van der Waals surface area contributed by atoms with E-state index in [0.29, 0.717) is 6.54 Å². The van der Waals surface area contributed by atoms with Gasteiger partial charge in [-0.2, -0.15) is 0 Å². The largest absolute Gasteiger partial charge is 0.461 e. The summed E-state index contributed by atoms with van der Waals surface area (Å²) in [5, 5.41) is 10.9. The smallest absolute Gasteiger partial charge is 0.338 e. The van der Waals surface area contributed by atoms with Crippen molar-refractivity contribution in [2.45, 2.75) is 27.7 Å². The summed E-state index contributed by atoms with van der Waals surface area (Å²) in [5.74, 6) is -1.02. The third kappa shape index (κ3) is 6.97. The fraction of sp³-hybridized carbons (Fsp3) is 0.562. The summed E-state index contributed by atoms with van der Waals surface area (Å²) >= 11 is 0. The Morgan fingerprint density at radius 2 is 1.83 bits per heavy atom. The molecule has 0 aliphatic heterocycles. The second-order valence-corrected chi connectivity index (χ2v) is 5.68. The monoisotopic (exact) mass is 348 g/mol. The van der Waals surface area contributed by atoms with Crippen LogP contribution in [-0.2, 0) is 4.74 Å². The summed E-state index contributed by atoms with van der Waals surface area (Å²) in [5.41, 5.74) is -1.94. The number of halogens is 1. The van der Waals surface area contributed by atoms with Crippen LogP contribution < -0.4 is 0 Å². The first-order valence-corrected chi connectivity index (χ1v) is 7.11. The van der Waals surface area contributed by atoms with Gasteiger partial charge in [0.15, 0.2) is 0 Å². The molecule has 0 spiro atoms. The molecule has 1 aromatic rings. The molecule has 0 heterocycles. The van der Waals surface area contributed by atoms with Crippen molar-refractivity contribution in [3.05, 3.63) is 39.8 Å². The van der Waals surface area contributed by atoms with Crippen molar-refractivity contribution in [1.82, 2.24) is 4.90 Å². The Balaban J connectivity index is 0.00000676. The van der Waals surface area contributed by atoms with E-state index in [0.717, 1.165) is 13.1 Å². The number of hydrogen-bond donors (Lipinski definition) is 0. The highest BCUT2D eigenvalue weighted by atomic mass is 35.5. The Morgan fingerprint density at radius 3 is 2.26 bits per heavy atom. The molecule has 130 valence electrons. The number of nitro benzene ring substituents is 1. The highest BCUT2D eigenvalue weighted by Crippen LogP contribution is 2.19. The molecule has 0 saturated heterocycles. The van der Waals surface area contributed by atoms with Crippen molar-refractivity contribution < 1.29 is 19.9 Å². The predicted octanol–water partition coefficient (Wildman–Crippen LogP) is 3.54. The maximum absolute atomic E-state index is 12.3. The van der Waals surface area contributed by atoms with Crippen molar-refractivity contribution in [1.29, 1.82) is 0 Å². The number of carbonyl (C=O) groups excluding carboxylic acids is 1. The van der Waals surface area contributed by atoms with Crippen molar-refractivity contribution in [3.63, 3.8) is 0 Å². The van der Waals surface area contributed by atoms with Crippen LogP contribution >= 0.6 is 12.4 Å². The van der Waals surface area contributed by atoms with E-state index in [-0.39, 0.29) is 24.4 Å². The molecule has 0 amide bonds. The second-order valence-electron chi connectivity index (χ2n) is 5.68. The van der Waals surface area contributed by atoms with Gasteiger partial charge in [0.05, 0.1) is 22.6 Å². The molecule has 1 rings (SSSR count). The lowest BCUT2D eigenvalue weighted by atomic mass is 9.94. The number of nitro groups is 1. The zero-order chi connectivity index (χ0) is 20.2. The van der Waals surface area contributed by atoms with Crippen molar-refractivity contribution in [2.75, 3.05) is 26.2 Å². The molecule has 0 unspecified atom stereocenters. The third-order valence-electron chi connectivity index (χ3n) is 3.14. The van der Waals surface area contributed by atoms with Crippen LogP contribution in [0.25, 0.3) is 0 Å². The lowest BCUT2D eigenvalue weighted by molar-refractivity contribution is -0.384. The predicted molar refractivity (Wildman–Crippen MR) is 92.2 cm³/mol. The topological polar surface area (TPSA) is 72.7 Å².